The number of nitrogens with one attached hydrogen (secondary N) is 1. The molecule has 0 radical (unpaired) electrons. The Labute approximate surface area is 55.4 Å². The molecule has 0 unspecified atom stereocenters. The molecule has 0 aliphatic heterocycles. The highest BCUT2D eigenvalue weighted by Crippen LogP contribution is 2.07. The van der Waals surface area contributed by atoms with Gasteiger partial charge >= 0.3 is 0 Å². The van der Waals surface area contributed by atoms with E-state index in [4.69, 9.17) is 10.7 Å². The van der Waals surface area contributed by atoms with Gasteiger partial charge in [-0.25, -0.2) is 8.42 Å². The van der Waals surface area contributed by atoms with Crippen molar-refractivity contribution < 1.29 is 8.42 Å². The Bertz CT molecular complexity index is 277. The molecule has 0 aliphatic rings. The van der Waals surface area contributed by atoms with Crippen LogP contribution in [-0.4, -0.2) is 23.8 Å². The minimum Gasteiger partial charge on any atom is -0.205 e. The quantitative estimate of drug-likeness (QED) is 0.585. The van der Waals surface area contributed by atoms with E-state index in [0.717, 1.165) is 6.20 Å². The summed E-state index contributed by atoms with van der Waals surface area (Å²) in [7, 11) is 1.16. The van der Waals surface area contributed by atoms with Crippen LogP contribution in [0.25, 0.3) is 0 Å². The van der Waals surface area contributed by atoms with Gasteiger partial charge < -0.3 is 0 Å². The number of hydrogen-bond donors (Lipinski definition) is 1. The average molecular weight is 168 g/mol. The fourth-order valence-corrected chi connectivity index (χ4v) is 0.860. The van der Waals surface area contributed by atoms with Crippen LogP contribution in [0.2, 0.25) is 0 Å². The average Bonchev–Trinajstić information content (AvgIpc) is 2.08. The molecule has 1 aromatic rings. The molecule has 1 rings (SSSR count). The lowest BCUT2D eigenvalue weighted by Crippen LogP contribution is -1.89. The van der Waals surface area contributed by atoms with Crippen molar-refractivity contribution in [3.05, 3.63) is 6.20 Å². The predicted molar refractivity (Wildman–Crippen MR) is 29.4 cm³/mol. The molecule has 1 heterocycles. The van der Waals surface area contributed by atoms with Gasteiger partial charge in [0.25, 0.3) is 9.05 Å². The molecule has 0 spiro atoms. The predicted octanol–water partition coefficient (Wildman–Crippen LogP) is -0.268. The lowest BCUT2D eigenvalue weighted by molar-refractivity contribution is 0.605. The summed E-state index contributed by atoms with van der Waals surface area (Å²) in [6.07, 6.45) is 1.03. The maximum Gasteiger partial charge on any atom is 0.282 e. The first-order chi connectivity index (χ1) is 4.11. The van der Waals surface area contributed by atoms with Gasteiger partial charge in [-0.2, -0.15) is 10.3 Å². The van der Waals surface area contributed by atoms with Crippen LogP contribution >= 0.6 is 10.7 Å². The third kappa shape index (κ3) is 1.39. The molecule has 1 N–H and O–H groups in total. The van der Waals surface area contributed by atoms with E-state index >= 15 is 0 Å². The summed E-state index contributed by atoms with van der Waals surface area (Å²) >= 11 is 0. The van der Waals surface area contributed by atoms with Crippen LogP contribution in [-0.2, 0) is 9.05 Å². The summed E-state index contributed by atoms with van der Waals surface area (Å²) < 4.78 is 20.7. The highest BCUT2D eigenvalue weighted by Gasteiger charge is 2.11. The SMILES string of the molecule is O=S(=O)(Cl)c1cn[nH]n1. The largest absolute Gasteiger partial charge is 0.282 e. The Morgan fingerprint density at radius 1 is 1.67 bits per heavy atom. The number of H-pyrrole nitrogens is 1. The van der Waals surface area contributed by atoms with Crippen LogP contribution in [0.3, 0.4) is 0 Å². The van der Waals surface area contributed by atoms with Gasteiger partial charge in [0, 0.05) is 10.7 Å². The van der Waals surface area contributed by atoms with E-state index in [0.29, 0.717) is 0 Å². The summed E-state index contributed by atoms with van der Waals surface area (Å²) in [5, 5.41) is 8.33. The molecule has 7 heteroatoms. The van der Waals surface area contributed by atoms with Crippen molar-refractivity contribution in [1.82, 2.24) is 15.4 Å². The van der Waals surface area contributed by atoms with Gasteiger partial charge in [0.05, 0.1) is 6.20 Å². The molecule has 1 aromatic heterocycles. The molecule has 9 heavy (non-hydrogen) atoms. The van der Waals surface area contributed by atoms with E-state index in [-0.39, 0.29) is 5.03 Å². The van der Waals surface area contributed by atoms with Crippen LogP contribution in [0.15, 0.2) is 11.2 Å². The number of rotatable bonds is 1. The topological polar surface area (TPSA) is 75.7 Å². The Balaban J connectivity index is 3.20. The first-order valence-electron chi connectivity index (χ1n) is 1.91. The van der Waals surface area contributed by atoms with E-state index in [1.54, 1.807) is 0 Å². The van der Waals surface area contributed by atoms with Crippen LogP contribution in [0.5, 0.6) is 0 Å². The Morgan fingerprint density at radius 3 is 2.56 bits per heavy atom. The summed E-state index contributed by atoms with van der Waals surface area (Å²) in [5.41, 5.74) is 0. The van der Waals surface area contributed by atoms with Crippen molar-refractivity contribution in [2.45, 2.75) is 5.03 Å². The molecule has 0 aromatic carbocycles. The fourth-order valence-electron chi connectivity index (χ4n) is 0.309. The van der Waals surface area contributed by atoms with E-state index in [9.17, 15) is 8.42 Å². The molecule has 0 fully saturated rings. The van der Waals surface area contributed by atoms with E-state index in [2.05, 4.69) is 15.4 Å². The zero-order valence-electron chi connectivity index (χ0n) is 4.07. The highest BCUT2D eigenvalue weighted by molar-refractivity contribution is 8.13. The summed E-state index contributed by atoms with van der Waals surface area (Å²) in [6.45, 7) is 0. The summed E-state index contributed by atoms with van der Waals surface area (Å²) in [4.78, 5) is 0. The summed E-state index contributed by atoms with van der Waals surface area (Å²) in [5.74, 6) is 0. The first kappa shape index (κ1) is 6.50. The van der Waals surface area contributed by atoms with Crippen LogP contribution in [0.4, 0.5) is 0 Å². The molecule has 0 amide bonds. The number of halogens is 1. The minimum absolute atomic E-state index is 0.260. The van der Waals surface area contributed by atoms with Gasteiger partial charge in [0.1, 0.15) is 0 Å². The van der Waals surface area contributed by atoms with Crippen molar-refractivity contribution in [3.8, 4) is 0 Å². The summed E-state index contributed by atoms with van der Waals surface area (Å²) in [6, 6.07) is 0. The maximum atomic E-state index is 10.3. The third-order valence-corrected chi connectivity index (χ3v) is 1.81. The first-order valence-corrected chi connectivity index (χ1v) is 4.22. The van der Waals surface area contributed by atoms with Gasteiger partial charge in [-0.15, -0.1) is 5.10 Å². The molecular weight excluding hydrogens is 166 g/mol. The van der Waals surface area contributed by atoms with Gasteiger partial charge in [-0.05, 0) is 0 Å². The standard InChI is InChI=1S/C2H2ClN3O2S/c3-9(7,8)2-1-4-6-5-2/h1H,(H,4,5,6). The van der Waals surface area contributed by atoms with Crippen molar-refractivity contribution in [2.24, 2.45) is 0 Å². The second-order valence-corrected chi connectivity index (χ2v) is 3.76. The number of aromatic amines is 1. The van der Waals surface area contributed by atoms with E-state index in [1.807, 2.05) is 0 Å². The number of hydrogen-bond acceptors (Lipinski definition) is 4. The second kappa shape index (κ2) is 1.96. The van der Waals surface area contributed by atoms with Gasteiger partial charge in [0.15, 0.2) is 0 Å². The number of nitrogens with zero attached hydrogens (tertiary/aromatic N) is 2. The van der Waals surface area contributed by atoms with Crippen LogP contribution in [0, 0.1) is 0 Å². The Morgan fingerprint density at radius 2 is 2.33 bits per heavy atom. The molecule has 5 nitrogen and oxygen atoms in total. The zero-order chi connectivity index (χ0) is 6.91. The molecule has 0 aliphatic carbocycles. The lowest BCUT2D eigenvalue weighted by atomic mass is 11.0. The van der Waals surface area contributed by atoms with Gasteiger partial charge in [-0.1, -0.05) is 0 Å². The van der Waals surface area contributed by atoms with Crippen LogP contribution in [0.1, 0.15) is 0 Å². The highest BCUT2D eigenvalue weighted by atomic mass is 35.7. The Hall–Kier alpha value is -0.620. The number of aromatic nitrogens is 3. The minimum atomic E-state index is -3.69. The molecular formula is C2H2ClN3O2S. The van der Waals surface area contributed by atoms with Crippen molar-refractivity contribution in [2.75, 3.05) is 0 Å². The van der Waals surface area contributed by atoms with Gasteiger partial charge in [-0.3, -0.25) is 0 Å². The second-order valence-electron chi connectivity index (χ2n) is 1.25. The molecule has 0 atom stereocenters. The van der Waals surface area contributed by atoms with Crippen molar-refractivity contribution >= 4 is 19.7 Å². The van der Waals surface area contributed by atoms with Crippen LogP contribution < -0.4 is 0 Å². The smallest absolute Gasteiger partial charge is 0.205 e. The molecule has 0 saturated carbocycles. The fraction of sp³-hybridized carbons (Fsp3) is 0. The third-order valence-electron chi connectivity index (χ3n) is 0.643. The normalized spacial score (nSPS) is 11.7. The van der Waals surface area contributed by atoms with E-state index in [1.165, 1.54) is 0 Å². The van der Waals surface area contributed by atoms with Crippen molar-refractivity contribution in [3.63, 3.8) is 0 Å². The maximum absolute atomic E-state index is 10.3. The molecule has 50 valence electrons. The Kier molecular flexibility index (Phi) is 1.42. The van der Waals surface area contributed by atoms with E-state index < -0.39 is 9.05 Å². The molecule has 0 saturated heterocycles. The molecule has 0 bridgehead atoms. The monoisotopic (exact) mass is 167 g/mol. The van der Waals surface area contributed by atoms with Gasteiger partial charge in [0.2, 0.25) is 5.03 Å². The van der Waals surface area contributed by atoms with Crippen molar-refractivity contribution in [1.29, 1.82) is 0 Å². The lowest BCUT2D eigenvalue weighted by Gasteiger charge is -1.80. The zero-order valence-corrected chi connectivity index (χ0v) is 5.65.